The molecular formula is C26H30O8. The molecule has 0 heterocycles. The van der Waals surface area contributed by atoms with Crippen LogP contribution >= 0.6 is 0 Å². The number of hydrogen-bond acceptors (Lipinski definition) is 8. The highest BCUT2D eigenvalue weighted by Gasteiger charge is 2.25. The van der Waals surface area contributed by atoms with Crippen molar-refractivity contribution < 1.29 is 38.0 Å². The van der Waals surface area contributed by atoms with Crippen LogP contribution in [0.15, 0.2) is 47.5 Å². The van der Waals surface area contributed by atoms with Crippen LogP contribution in [0.4, 0.5) is 0 Å². The number of rotatable bonds is 11. The maximum absolute atomic E-state index is 13.0. The average molecular weight is 471 g/mol. The third kappa shape index (κ3) is 6.54. The molecule has 0 aliphatic carbocycles. The van der Waals surface area contributed by atoms with Crippen LogP contribution < -0.4 is 18.9 Å². The lowest BCUT2D eigenvalue weighted by atomic mass is 9.99. The molecule has 0 N–H and O–H groups in total. The van der Waals surface area contributed by atoms with Gasteiger partial charge in [-0.1, -0.05) is 0 Å². The highest BCUT2D eigenvalue weighted by Crippen LogP contribution is 2.31. The topological polar surface area (TPSA) is 89.5 Å². The van der Waals surface area contributed by atoms with E-state index in [9.17, 15) is 9.59 Å². The van der Waals surface area contributed by atoms with Gasteiger partial charge in [-0.3, -0.25) is 0 Å². The van der Waals surface area contributed by atoms with Crippen molar-refractivity contribution >= 4 is 24.1 Å². The molecule has 0 saturated heterocycles. The Morgan fingerprint density at radius 3 is 1.32 bits per heavy atom. The van der Waals surface area contributed by atoms with Crippen LogP contribution in [-0.2, 0) is 19.1 Å². The van der Waals surface area contributed by atoms with Crippen molar-refractivity contribution in [1.82, 2.24) is 0 Å². The van der Waals surface area contributed by atoms with E-state index in [1.165, 1.54) is 40.6 Å². The summed E-state index contributed by atoms with van der Waals surface area (Å²) in [5, 5.41) is 0. The number of esters is 2. The van der Waals surface area contributed by atoms with Gasteiger partial charge in [-0.05, 0) is 50.3 Å². The molecule has 0 fully saturated rings. The summed E-state index contributed by atoms with van der Waals surface area (Å²) < 4.78 is 31.9. The number of carbonyl (C=O) groups is 2. The monoisotopic (exact) mass is 470 g/mol. The lowest BCUT2D eigenvalue weighted by Gasteiger charge is -2.14. The molecule has 182 valence electrons. The van der Waals surface area contributed by atoms with Gasteiger partial charge in [0, 0.05) is 23.3 Å². The van der Waals surface area contributed by atoms with Crippen LogP contribution in [0.25, 0.3) is 12.2 Å². The molecule has 34 heavy (non-hydrogen) atoms. The van der Waals surface area contributed by atoms with Crippen molar-refractivity contribution in [2.75, 3.05) is 41.7 Å². The first-order chi connectivity index (χ1) is 16.4. The van der Waals surface area contributed by atoms with Crippen LogP contribution in [0, 0.1) is 0 Å². The molecule has 8 heteroatoms. The minimum Gasteiger partial charge on any atom is -0.497 e. The standard InChI is InChI=1S/C26H30O8/c1-7-33-25(27)21(13-17-9-11-19(29-3)15-23(17)31-5)22(26(28)34-8-2)14-18-10-12-20(30-4)16-24(18)32-6/h9-16H,7-8H2,1-6H3/b21-13+,22-14?. The Hall–Kier alpha value is -3.94. The van der Waals surface area contributed by atoms with Crippen LogP contribution in [-0.4, -0.2) is 53.6 Å². The van der Waals surface area contributed by atoms with E-state index in [-0.39, 0.29) is 24.4 Å². The van der Waals surface area contributed by atoms with Gasteiger partial charge in [-0.15, -0.1) is 0 Å². The Kier molecular flexibility index (Phi) is 10.0. The number of ether oxygens (including phenoxy) is 6. The first-order valence-corrected chi connectivity index (χ1v) is 10.6. The molecular weight excluding hydrogens is 440 g/mol. The summed E-state index contributed by atoms with van der Waals surface area (Å²) in [5.74, 6) is 0.684. The molecule has 0 aliphatic rings. The number of benzene rings is 2. The van der Waals surface area contributed by atoms with E-state index in [0.29, 0.717) is 34.1 Å². The summed E-state index contributed by atoms with van der Waals surface area (Å²) in [6.07, 6.45) is 3.05. The molecule has 2 aromatic carbocycles. The Morgan fingerprint density at radius 1 is 0.647 bits per heavy atom. The molecule has 0 spiro atoms. The second kappa shape index (κ2) is 12.9. The number of carbonyl (C=O) groups excluding carboxylic acids is 2. The van der Waals surface area contributed by atoms with Crippen molar-refractivity contribution in [1.29, 1.82) is 0 Å². The van der Waals surface area contributed by atoms with Crippen molar-refractivity contribution in [3.8, 4) is 23.0 Å². The summed E-state index contributed by atoms with van der Waals surface area (Å²) in [5.41, 5.74) is 1.09. The van der Waals surface area contributed by atoms with Gasteiger partial charge in [-0.2, -0.15) is 0 Å². The van der Waals surface area contributed by atoms with E-state index in [4.69, 9.17) is 28.4 Å². The summed E-state index contributed by atoms with van der Waals surface area (Å²) in [7, 11) is 6.08. The van der Waals surface area contributed by atoms with Gasteiger partial charge >= 0.3 is 11.9 Å². The molecule has 0 bridgehead atoms. The molecule has 0 amide bonds. The van der Waals surface area contributed by atoms with Gasteiger partial charge < -0.3 is 28.4 Å². The quantitative estimate of drug-likeness (QED) is 0.273. The smallest absolute Gasteiger partial charge is 0.339 e. The summed E-state index contributed by atoms with van der Waals surface area (Å²) >= 11 is 0. The zero-order valence-electron chi connectivity index (χ0n) is 20.3. The third-order valence-corrected chi connectivity index (χ3v) is 4.76. The van der Waals surface area contributed by atoms with E-state index < -0.39 is 11.9 Å². The van der Waals surface area contributed by atoms with Gasteiger partial charge in [0.05, 0.1) is 52.8 Å². The Balaban J connectivity index is 2.77. The van der Waals surface area contributed by atoms with Gasteiger partial charge in [0.2, 0.25) is 0 Å². The van der Waals surface area contributed by atoms with Crippen LogP contribution in [0.3, 0.4) is 0 Å². The molecule has 0 aliphatic heterocycles. The van der Waals surface area contributed by atoms with Crippen LogP contribution in [0.5, 0.6) is 23.0 Å². The second-order valence-electron chi connectivity index (χ2n) is 6.77. The fraction of sp³-hybridized carbons (Fsp3) is 0.308. The Labute approximate surface area is 199 Å². The Bertz CT molecular complexity index is 983. The molecule has 0 aromatic heterocycles. The summed E-state index contributed by atoms with van der Waals surface area (Å²) in [6, 6.07) is 10.2. The van der Waals surface area contributed by atoms with E-state index >= 15 is 0 Å². The fourth-order valence-corrected chi connectivity index (χ4v) is 3.10. The normalized spacial score (nSPS) is 11.5. The zero-order chi connectivity index (χ0) is 25.1. The van der Waals surface area contributed by atoms with Gasteiger partial charge in [0.1, 0.15) is 23.0 Å². The predicted molar refractivity (Wildman–Crippen MR) is 128 cm³/mol. The minimum atomic E-state index is -0.688. The highest BCUT2D eigenvalue weighted by molar-refractivity contribution is 6.13. The SMILES string of the molecule is CCOC(=O)C(=Cc1ccc(OC)cc1OC)/C(=C\c1ccc(OC)cc1OC)C(=O)OCC. The second-order valence-corrected chi connectivity index (χ2v) is 6.77. The average Bonchev–Trinajstić information content (AvgIpc) is 2.86. The Morgan fingerprint density at radius 2 is 1.03 bits per heavy atom. The third-order valence-electron chi connectivity index (χ3n) is 4.76. The molecule has 8 nitrogen and oxygen atoms in total. The van der Waals surface area contributed by atoms with Gasteiger partial charge in [-0.25, -0.2) is 9.59 Å². The van der Waals surface area contributed by atoms with E-state index in [2.05, 4.69) is 0 Å². The fourth-order valence-electron chi connectivity index (χ4n) is 3.10. The van der Waals surface area contributed by atoms with Crippen molar-refractivity contribution in [3.63, 3.8) is 0 Å². The molecule has 2 rings (SSSR count). The van der Waals surface area contributed by atoms with Crippen LogP contribution in [0.2, 0.25) is 0 Å². The van der Waals surface area contributed by atoms with Gasteiger partial charge in [0.25, 0.3) is 0 Å². The molecule has 0 saturated carbocycles. The first-order valence-electron chi connectivity index (χ1n) is 10.6. The van der Waals surface area contributed by atoms with Crippen molar-refractivity contribution in [2.24, 2.45) is 0 Å². The maximum atomic E-state index is 13.0. The predicted octanol–water partition coefficient (Wildman–Crippen LogP) is 4.31. The van der Waals surface area contributed by atoms with E-state index in [0.717, 1.165) is 0 Å². The lowest BCUT2D eigenvalue weighted by molar-refractivity contribution is -0.141. The first kappa shape index (κ1) is 26.3. The maximum Gasteiger partial charge on any atom is 0.339 e. The van der Waals surface area contributed by atoms with Crippen molar-refractivity contribution in [2.45, 2.75) is 13.8 Å². The van der Waals surface area contributed by atoms with E-state index in [1.807, 2.05) is 0 Å². The summed E-state index contributed by atoms with van der Waals surface area (Å²) in [6.45, 7) is 3.61. The number of hydrogen-bond donors (Lipinski definition) is 0. The minimum absolute atomic E-state index is 0.00152. The largest absolute Gasteiger partial charge is 0.497 e. The zero-order valence-corrected chi connectivity index (χ0v) is 20.3. The lowest BCUT2D eigenvalue weighted by Crippen LogP contribution is -2.17. The molecule has 0 unspecified atom stereocenters. The molecule has 0 atom stereocenters. The number of methoxy groups -OCH3 is 4. The van der Waals surface area contributed by atoms with Crippen LogP contribution in [0.1, 0.15) is 25.0 Å². The van der Waals surface area contributed by atoms with Gasteiger partial charge in [0.15, 0.2) is 0 Å². The highest BCUT2D eigenvalue weighted by atomic mass is 16.5. The van der Waals surface area contributed by atoms with E-state index in [1.54, 1.807) is 50.2 Å². The van der Waals surface area contributed by atoms with Crippen molar-refractivity contribution in [3.05, 3.63) is 58.7 Å². The summed E-state index contributed by atoms with van der Waals surface area (Å²) in [4.78, 5) is 26.0. The molecule has 0 radical (unpaired) electrons. The molecule has 2 aromatic rings.